The molecule has 1 heterocycles. The summed E-state index contributed by atoms with van der Waals surface area (Å²) in [5.41, 5.74) is 1.83. The van der Waals surface area contributed by atoms with Crippen molar-refractivity contribution >= 4 is 62.7 Å². The van der Waals surface area contributed by atoms with Gasteiger partial charge in [0.05, 0.1) is 87.7 Å². The first-order valence-electron chi connectivity index (χ1n) is 33.7. The van der Waals surface area contributed by atoms with Crippen molar-refractivity contribution in [2.45, 2.75) is 144 Å². The molecule has 0 saturated heterocycles. The monoisotopic (exact) mass is 1330 g/mol. The summed E-state index contributed by atoms with van der Waals surface area (Å²) in [5, 5.41) is 7.64. The Morgan fingerprint density at radius 1 is 0.547 bits per heavy atom. The number of nitrogens with zero attached hydrogens (tertiary/aromatic N) is 3. The molecule has 0 aliphatic heterocycles. The molecule has 95 heavy (non-hydrogen) atoms. The number of hydrazone groups is 1. The number of carbonyl (C=O) groups excluding carboxylic acids is 5. The molecule has 5 aromatic rings. The van der Waals surface area contributed by atoms with Crippen molar-refractivity contribution in [3.63, 3.8) is 0 Å². The van der Waals surface area contributed by atoms with Crippen molar-refractivity contribution in [3.05, 3.63) is 135 Å². The Kier molecular flexibility index (Phi) is 40.6. The normalized spacial score (nSPS) is 15.5. The number of methoxy groups -OCH3 is 1. The Labute approximate surface area is 567 Å². The minimum absolute atomic E-state index is 0.0346. The van der Waals surface area contributed by atoms with Crippen LogP contribution in [0.4, 0.5) is 5.13 Å². The molecule has 0 unspecified atom stereocenters. The van der Waals surface area contributed by atoms with Crippen molar-refractivity contribution in [3.8, 4) is 34.5 Å². The van der Waals surface area contributed by atoms with Gasteiger partial charge in [0.15, 0.2) is 0 Å². The van der Waals surface area contributed by atoms with Crippen molar-refractivity contribution in [2.24, 2.45) is 28.8 Å². The van der Waals surface area contributed by atoms with E-state index in [1.54, 1.807) is 42.7 Å². The molecule has 2 saturated carbocycles. The third-order valence-corrected chi connectivity index (χ3v) is 16.2. The predicted octanol–water partition coefficient (Wildman–Crippen LogP) is 15.9. The molecule has 7 rings (SSSR count). The van der Waals surface area contributed by atoms with Gasteiger partial charge in [0.2, 0.25) is 5.13 Å². The average molecular weight is 1330 g/mol. The standard InChI is InChI=1S/C35H41N3O5S.C23H32O5.C9H16O2.C8H14O4/c1-4-21-38(35-37-31-9-7-8-10-33(31)44-35)36-23-27-22-30(19-20-32(27)41-6-3)42-24-25-11-13-26(14-12-25)34(39)43-29-17-15-28(16-18-29)40-5-2;1-3-22(24)27-17-7-5-4-6-16-26-20-12-14-21(15-13-20)28-23(25)19-10-8-18(2)9-11-19;1-3-5-6-7-8-11-9(10)4-2;1-3-8(9)12-7-6-11-5-4-10-2/h7-10,15-20,22-23,25-26H,4-6,11-14,21,24H2,1-3H3;3,12-15,18-19H,1,4-11,16-17H2,2H3;4H,2-3,5-8H2,1H3;3H,1,4-7H2,2H3/b36-23+;;;. The second-order valence-corrected chi connectivity index (χ2v) is 23.7. The molecule has 0 spiro atoms. The van der Waals surface area contributed by atoms with E-state index in [0.29, 0.717) is 76.9 Å². The van der Waals surface area contributed by atoms with Crippen LogP contribution in [0, 0.1) is 23.7 Å². The Bertz CT molecular complexity index is 2990. The van der Waals surface area contributed by atoms with E-state index in [2.05, 4.69) is 51.3 Å². The molecule has 20 heteroatoms. The lowest BCUT2D eigenvalue weighted by molar-refractivity contribution is -0.141. The Morgan fingerprint density at radius 2 is 1.06 bits per heavy atom. The number of rotatable bonds is 38. The molecule has 0 N–H and O–H groups in total. The van der Waals surface area contributed by atoms with Crippen LogP contribution in [-0.2, 0) is 47.7 Å². The van der Waals surface area contributed by atoms with E-state index >= 15 is 0 Å². The van der Waals surface area contributed by atoms with E-state index in [0.717, 1.165) is 159 Å². The molecule has 1 aromatic heterocycles. The summed E-state index contributed by atoms with van der Waals surface area (Å²) >= 11 is 1.64. The van der Waals surface area contributed by atoms with Crippen LogP contribution in [0.25, 0.3) is 10.2 Å². The number of fused-ring (bicyclic) bond motifs is 1. The number of anilines is 1. The Morgan fingerprint density at radius 3 is 1.61 bits per heavy atom. The van der Waals surface area contributed by atoms with Gasteiger partial charge in [-0.25, -0.2) is 24.4 Å². The maximum absolute atomic E-state index is 12.8. The van der Waals surface area contributed by atoms with Gasteiger partial charge in [0, 0.05) is 37.4 Å². The number of unbranched alkanes of at least 4 members (excludes halogenated alkanes) is 6. The minimum atomic E-state index is -0.426. The number of hydrogen-bond acceptors (Lipinski definition) is 20. The summed E-state index contributed by atoms with van der Waals surface area (Å²) in [6, 6.07) is 28.4. The summed E-state index contributed by atoms with van der Waals surface area (Å²) in [6.45, 7) is 26.2. The van der Waals surface area contributed by atoms with Gasteiger partial charge >= 0.3 is 29.8 Å². The number of aromatic nitrogens is 1. The molecular weight excluding hydrogens is 1230 g/mol. The van der Waals surface area contributed by atoms with Gasteiger partial charge in [-0.15, -0.1) is 0 Å². The van der Waals surface area contributed by atoms with Crippen LogP contribution in [0.2, 0.25) is 0 Å². The highest BCUT2D eigenvalue weighted by Gasteiger charge is 2.29. The summed E-state index contributed by atoms with van der Waals surface area (Å²) in [5.74, 6) is 3.85. The maximum atomic E-state index is 12.8. The van der Waals surface area contributed by atoms with Crippen molar-refractivity contribution in [1.82, 2.24) is 4.98 Å². The van der Waals surface area contributed by atoms with Crippen LogP contribution in [0.3, 0.4) is 0 Å². The molecule has 2 aliphatic rings. The zero-order valence-electron chi connectivity index (χ0n) is 57.0. The molecule has 2 fully saturated rings. The first kappa shape index (κ1) is 79.4. The lowest BCUT2D eigenvalue weighted by Crippen LogP contribution is -2.27. The zero-order chi connectivity index (χ0) is 68.7. The molecule has 0 radical (unpaired) electrons. The van der Waals surface area contributed by atoms with Gasteiger partial charge in [-0.3, -0.25) is 9.59 Å². The molecule has 0 atom stereocenters. The van der Waals surface area contributed by atoms with Crippen LogP contribution in [0.1, 0.15) is 149 Å². The molecule has 520 valence electrons. The van der Waals surface area contributed by atoms with E-state index in [1.165, 1.54) is 25.0 Å². The van der Waals surface area contributed by atoms with Crippen molar-refractivity contribution < 1.29 is 76.1 Å². The lowest BCUT2D eigenvalue weighted by atomic mass is 9.82. The van der Waals surface area contributed by atoms with E-state index in [1.807, 2.05) is 85.7 Å². The first-order valence-corrected chi connectivity index (χ1v) is 34.5. The smallest absolute Gasteiger partial charge is 0.330 e. The summed E-state index contributed by atoms with van der Waals surface area (Å²) in [4.78, 5) is 61.7. The maximum Gasteiger partial charge on any atom is 0.330 e. The highest BCUT2D eigenvalue weighted by molar-refractivity contribution is 7.22. The second kappa shape index (κ2) is 48.6. The number of hydrogen-bond donors (Lipinski definition) is 0. The highest BCUT2D eigenvalue weighted by atomic mass is 32.1. The lowest BCUT2D eigenvalue weighted by Gasteiger charge is -2.27. The first-order chi connectivity index (χ1) is 46.3. The number of esters is 5. The zero-order valence-corrected chi connectivity index (χ0v) is 57.8. The number of thiazole rings is 1. The van der Waals surface area contributed by atoms with Crippen LogP contribution in [0.15, 0.2) is 134 Å². The predicted molar refractivity (Wildman–Crippen MR) is 374 cm³/mol. The van der Waals surface area contributed by atoms with E-state index in [9.17, 15) is 24.0 Å². The quantitative estimate of drug-likeness (QED) is 0.00683. The minimum Gasteiger partial charge on any atom is -0.494 e. The van der Waals surface area contributed by atoms with Gasteiger partial charge in [0.1, 0.15) is 41.1 Å². The van der Waals surface area contributed by atoms with Gasteiger partial charge in [0.25, 0.3) is 0 Å². The number of carbonyl (C=O) groups is 5. The van der Waals surface area contributed by atoms with Crippen LogP contribution in [-0.4, -0.2) is 121 Å². The Hall–Kier alpha value is -8.07. The molecule has 0 bridgehead atoms. The molecule has 4 aromatic carbocycles. The fourth-order valence-electron chi connectivity index (χ4n) is 9.81. The third-order valence-electron chi connectivity index (χ3n) is 15.2. The van der Waals surface area contributed by atoms with Gasteiger partial charge < -0.3 is 52.1 Å². The number of ether oxygens (including phenoxy) is 11. The second-order valence-electron chi connectivity index (χ2n) is 22.7. The molecule has 19 nitrogen and oxygen atoms in total. The Balaban J connectivity index is 0.000000319. The third kappa shape index (κ3) is 33.2. The summed E-state index contributed by atoms with van der Waals surface area (Å²) in [6.07, 6.45) is 22.1. The largest absolute Gasteiger partial charge is 0.494 e. The van der Waals surface area contributed by atoms with E-state index in [-0.39, 0.29) is 42.3 Å². The topological polar surface area (TPSA) is 215 Å². The number of para-hydroxylation sites is 1. The SMILES string of the molecule is C=CC(=O)OCCCCCC.C=CC(=O)OCCCCCCOc1ccc(OC(=O)C2CCC(C)CC2)cc1.C=CC(=O)OCCOCCOC.CCCN(/N=C/c1cc(OCC2CCC(C(=O)Oc3ccc(OCC)cc3)CC2)ccc1OCC)c1nc2ccccc2s1. The van der Waals surface area contributed by atoms with Crippen molar-refractivity contribution in [2.75, 3.05) is 84.7 Å². The molecular formula is C75H103N3O16S. The number of benzene rings is 4. The summed E-state index contributed by atoms with van der Waals surface area (Å²) in [7, 11) is 1.60. The fourth-order valence-corrected chi connectivity index (χ4v) is 10.8. The molecule has 0 amide bonds. The van der Waals surface area contributed by atoms with Gasteiger partial charge in [-0.1, -0.05) is 83.2 Å². The van der Waals surface area contributed by atoms with Crippen LogP contribution in [0.5, 0.6) is 34.5 Å². The van der Waals surface area contributed by atoms with E-state index in [4.69, 9.17) is 57.5 Å². The highest BCUT2D eigenvalue weighted by Crippen LogP contribution is 2.34. The fraction of sp³-hybridized carbons (Fsp3) is 0.507. The van der Waals surface area contributed by atoms with Crippen LogP contribution >= 0.6 is 11.3 Å². The molecule has 2 aliphatic carbocycles. The van der Waals surface area contributed by atoms with Gasteiger partial charge in [-0.05, 0) is 194 Å². The van der Waals surface area contributed by atoms with E-state index < -0.39 is 5.97 Å². The summed E-state index contributed by atoms with van der Waals surface area (Å²) < 4.78 is 59.7. The van der Waals surface area contributed by atoms with Crippen LogP contribution < -0.4 is 33.4 Å². The van der Waals surface area contributed by atoms with Crippen molar-refractivity contribution in [1.29, 1.82) is 0 Å². The average Bonchev–Trinajstić information content (AvgIpc) is 1.75. The van der Waals surface area contributed by atoms with Gasteiger partial charge in [-0.2, -0.15) is 5.10 Å².